The highest BCUT2D eigenvalue weighted by Crippen LogP contribution is 2.37. The minimum Gasteiger partial charge on any atom is -0.385 e. The van der Waals surface area contributed by atoms with Crippen molar-refractivity contribution in [2.75, 3.05) is 20.3 Å². The van der Waals surface area contributed by atoms with Gasteiger partial charge in [-0.05, 0) is 49.3 Å². The molecule has 2 nitrogen and oxygen atoms in total. The average Bonchev–Trinajstić information content (AvgIpc) is 2.36. The Kier molecular flexibility index (Phi) is 5.87. The Morgan fingerprint density at radius 3 is 2.84 bits per heavy atom. The lowest BCUT2D eigenvalue weighted by Gasteiger charge is -2.27. The fourth-order valence-corrected chi connectivity index (χ4v) is 2.84. The molecule has 1 fully saturated rings. The summed E-state index contributed by atoms with van der Waals surface area (Å²) in [5.74, 6) is 0.821. The van der Waals surface area contributed by atoms with Crippen molar-refractivity contribution in [1.29, 1.82) is 0 Å². The molecular weight excluding hydrogens is 234 g/mol. The van der Waals surface area contributed by atoms with E-state index >= 15 is 0 Å². The number of hydrogen-bond acceptors (Lipinski definition) is 2. The second kappa shape index (κ2) is 7.66. The van der Waals surface area contributed by atoms with E-state index in [9.17, 15) is 0 Å². The minimum absolute atomic E-state index is 0.472. The highest BCUT2D eigenvalue weighted by molar-refractivity contribution is 5.29. The molecule has 0 heterocycles. The molecule has 1 aromatic carbocycles. The van der Waals surface area contributed by atoms with E-state index in [-0.39, 0.29) is 0 Å². The lowest BCUT2D eigenvalue weighted by atomic mass is 9.79. The van der Waals surface area contributed by atoms with Gasteiger partial charge in [0.05, 0.1) is 0 Å². The Balaban J connectivity index is 2.02. The molecule has 0 aromatic heterocycles. The third-order valence-electron chi connectivity index (χ3n) is 4.18. The first-order valence-electron chi connectivity index (χ1n) is 7.67. The van der Waals surface area contributed by atoms with E-state index in [2.05, 4.69) is 36.5 Å². The van der Waals surface area contributed by atoms with Gasteiger partial charge in [0.15, 0.2) is 0 Å². The van der Waals surface area contributed by atoms with Crippen LogP contribution in [0.1, 0.15) is 62.1 Å². The summed E-state index contributed by atoms with van der Waals surface area (Å²) in [6.45, 7) is 4.05. The third-order valence-corrected chi connectivity index (χ3v) is 4.18. The van der Waals surface area contributed by atoms with Gasteiger partial charge in [0.2, 0.25) is 0 Å². The fraction of sp³-hybridized carbons (Fsp3) is 0.647. The molecule has 0 radical (unpaired) electrons. The molecule has 0 bridgehead atoms. The zero-order chi connectivity index (χ0) is 13.5. The van der Waals surface area contributed by atoms with Gasteiger partial charge in [-0.15, -0.1) is 0 Å². The molecule has 1 saturated carbocycles. The molecule has 1 N–H and O–H groups in total. The van der Waals surface area contributed by atoms with Gasteiger partial charge in [-0.3, -0.25) is 0 Å². The van der Waals surface area contributed by atoms with Crippen LogP contribution in [0.4, 0.5) is 0 Å². The number of nitrogens with one attached hydrogen (secondary N) is 1. The summed E-state index contributed by atoms with van der Waals surface area (Å²) in [5.41, 5.74) is 2.99. The smallest absolute Gasteiger partial charge is 0.0462 e. The molecule has 2 rings (SSSR count). The van der Waals surface area contributed by atoms with Gasteiger partial charge in [0.25, 0.3) is 0 Å². The van der Waals surface area contributed by atoms with Crippen molar-refractivity contribution in [3.05, 3.63) is 35.4 Å². The minimum atomic E-state index is 0.472. The van der Waals surface area contributed by atoms with Crippen molar-refractivity contribution < 1.29 is 4.74 Å². The van der Waals surface area contributed by atoms with Crippen molar-refractivity contribution in [3.63, 3.8) is 0 Å². The van der Waals surface area contributed by atoms with E-state index in [1.165, 1.54) is 24.8 Å². The Bertz CT molecular complexity index is 373. The topological polar surface area (TPSA) is 21.3 Å². The molecule has 1 aliphatic carbocycles. The molecule has 0 spiro atoms. The average molecular weight is 261 g/mol. The SMILES string of the molecule is CCNC(CCCOC)c1cccc(C2CCC2)c1. The third kappa shape index (κ3) is 4.05. The molecule has 1 aromatic rings. The van der Waals surface area contributed by atoms with Gasteiger partial charge in [0.1, 0.15) is 0 Å². The first kappa shape index (κ1) is 14.5. The van der Waals surface area contributed by atoms with E-state index in [1.807, 2.05) is 0 Å². The molecule has 106 valence electrons. The van der Waals surface area contributed by atoms with Crippen LogP contribution < -0.4 is 5.32 Å². The van der Waals surface area contributed by atoms with Crippen molar-refractivity contribution in [2.45, 2.75) is 51.0 Å². The summed E-state index contributed by atoms with van der Waals surface area (Å²) in [4.78, 5) is 0. The van der Waals surface area contributed by atoms with Crippen LogP contribution in [0, 0.1) is 0 Å². The van der Waals surface area contributed by atoms with E-state index in [4.69, 9.17) is 4.74 Å². The number of hydrogen-bond donors (Lipinski definition) is 1. The molecule has 1 atom stereocenters. The summed E-state index contributed by atoms with van der Waals surface area (Å²) < 4.78 is 5.17. The summed E-state index contributed by atoms with van der Waals surface area (Å²) in [5, 5.41) is 3.60. The number of rotatable bonds is 8. The molecule has 0 saturated heterocycles. The molecule has 2 heteroatoms. The van der Waals surface area contributed by atoms with E-state index in [1.54, 1.807) is 12.7 Å². The number of ether oxygens (including phenoxy) is 1. The second-order valence-corrected chi connectivity index (χ2v) is 5.54. The fourth-order valence-electron chi connectivity index (χ4n) is 2.84. The van der Waals surface area contributed by atoms with Crippen molar-refractivity contribution in [1.82, 2.24) is 5.32 Å². The highest BCUT2D eigenvalue weighted by atomic mass is 16.5. The van der Waals surface area contributed by atoms with E-state index in [0.717, 1.165) is 31.9 Å². The number of methoxy groups -OCH3 is 1. The molecule has 1 aliphatic rings. The zero-order valence-corrected chi connectivity index (χ0v) is 12.3. The van der Waals surface area contributed by atoms with Crippen LogP contribution in [0.5, 0.6) is 0 Å². The van der Waals surface area contributed by atoms with E-state index < -0.39 is 0 Å². The maximum atomic E-state index is 5.17. The van der Waals surface area contributed by atoms with Crippen molar-refractivity contribution >= 4 is 0 Å². The summed E-state index contributed by atoms with van der Waals surface area (Å²) in [7, 11) is 1.78. The highest BCUT2D eigenvalue weighted by Gasteiger charge is 2.20. The van der Waals surface area contributed by atoms with Gasteiger partial charge >= 0.3 is 0 Å². The standard InChI is InChI=1S/C17H27NO/c1-3-18-17(11-6-12-19-2)16-10-5-9-15(13-16)14-7-4-8-14/h5,9-10,13-14,17-18H,3-4,6-8,11-12H2,1-2H3. The Morgan fingerprint density at radius 2 is 2.21 bits per heavy atom. The van der Waals surface area contributed by atoms with Crippen LogP contribution in [0.25, 0.3) is 0 Å². The lowest BCUT2D eigenvalue weighted by Crippen LogP contribution is -2.21. The van der Waals surface area contributed by atoms with Gasteiger partial charge < -0.3 is 10.1 Å². The summed E-state index contributed by atoms with van der Waals surface area (Å²) in [6.07, 6.45) is 6.41. The molecule has 0 amide bonds. The van der Waals surface area contributed by atoms with Crippen LogP contribution >= 0.6 is 0 Å². The van der Waals surface area contributed by atoms with Gasteiger partial charge in [-0.1, -0.05) is 37.6 Å². The maximum Gasteiger partial charge on any atom is 0.0462 e. The van der Waals surface area contributed by atoms with Crippen molar-refractivity contribution in [2.24, 2.45) is 0 Å². The maximum absolute atomic E-state index is 5.17. The van der Waals surface area contributed by atoms with Crippen LogP contribution in [0.2, 0.25) is 0 Å². The van der Waals surface area contributed by atoms with Gasteiger partial charge in [0, 0.05) is 19.8 Å². The van der Waals surface area contributed by atoms with Gasteiger partial charge in [-0.2, -0.15) is 0 Å². The Morgan fingerprint density at radius 1 is 1.37 bits per heavy atom. The normalized spacial score (nSPS) is 17.2. The first-order chi connectivity index (χ1) is 9.35. The largest absolute Gasteiger partial charge is 0.385 e. The van der Waals surface area contributed by atoms with Gasteiger partial charge in [-0.25, -0.2) is 0 Å². The van der Waals surface area contributed by atoms with E-state index in [0.29, 0.717) is 6.04 Å². The Hall–Kier alpha value is -0.860. The number of benzene rings is 1. The quantitative estimate of drug-likeness (QED) is 0.713. The first-order valence-corrected chi connectivity index (χ1v) is 7.67. The predicted molar refractivity (Wildman–Crippen MR) is 80.6 cm³/mol. The summed E-state index contributed by atoms with van der Waals surface area (Å²) in [6, 6.07) is 9.68. The zero-order valence-electron chi connectivity index (χ0n) is 12.3. The van der Waals surface area contributed by atoms with Crippen molar-refractivity contribution in [3.8, 4) is 0 Å². The molecule has 0 aliphatic heterocycles. The predicted octanol–water partition coefficient (Wildman–Crippen LogP) is 4.03. The monoisotopic (exact) mass is 261 g/mol. The second-order valence-electron chi connectivity index (χ2n) is 5.54. The van der Waals surface area contributed by atoms with Crippen LogP contribution in [0.15, 0.2) is 24.3 Å². The molecule has 19 heavy (non-hydrogen) atoms. The summed E-state index contributed by atoms with van der Waals surface area (Å²) >= 11 is 0. The molecular formula is C17H27NO. The van der Waals surface area contributed by atoms with Crippen LogP contribution in [-0.4, -0.2) is 20.3 Å². The Labute approximate surface area is 117 Å². The van der Waals surface area contributed by atoms with Crippen LogP contribution in [-0.2, 0) is 4.74 Å². The molecule has 1 unspecified atom stereocenters. The lowest BCUT2D eigenvalue weighted by molar-refractivity contribution is 0.189. The van der Waals surface area contributed by atoms with Crippen LogP contribution in [0.3, 0.4) is 0 Å².